The zero-order chi connectivity index (χ0) is 20.7. The lowest BCUT2D eigenvalue weighted by molar-refractivity contribution is 0.0364. The van der Waals surface area contributed by atoms with Crippen molar-refractivity contribution in [2.75, 3.05) is 40.8 Å². The highest BCUT2D eigenvalue weighted by atomic mass is 32.1. The molecule has 1 aromatic rings. The highest BCUT2D eigenvalue weighted by Crippen LogP contribution is 2.35. The summed E-state index contributed by atoms with van der Waals surface area (Å²) in [7, 11) is 5.71. The van der Waals surface area contributed by atoms with Gasteiger partial charge in [0, 0.05) is 38.7 Å². The second-order valence-corrected chi connectivity index (χ2v) is 9.53. The number of aromatic nitrogens is 1. The van der Waals surface area contributed by atoms with Gasteiger partial charge in [0.25, 0.3) is 0 Å². The first-order valence-electron chi connectivity index (χ1n) is 11.2. The lowest BCUT2D eigenvalue weighted by atomic mass is 9.79. The monoisotopic (exact) mass is 421 g/mol. The van der Waals surface area contributed by atoms with Crippen LogP contribution < -0.4 is 5.32 Å². The summed E-state index contributed by atoms with van der Waals surface area (Å²) >= 11 is 1.67. The van der Waals surface area contributed by atoms with Crippen molar-refractivity contribution in [1.82, 2.24) is 20.1 Å². The van der Waals surface area contributed by atoms with Crippen LogP contribution in [0.5, 0.6) is 0 Å². The third-order valence-electron chi connectivity index (χ3n) is 6.63. The lowest BCUT2D eigenvalue weighted by Crippen LogP contribution is -2.59. The number of methoxy groups -OCH3 is 1. The quantitative estimate of drug-likeness (QED) is 0.532. The van der Waals surface area contributed by atoms with Crippen molar-refractivity contribution in [1.29, 1.82) is 0 Å². The fourth-order valence-corrected chi connectivity index (χ4v) is 5.65. The van der Waals surface area contributed by atoms with E-state index in [1.807, 2.05) is 14.0 Å². The van der Waals surface area contributed by atoms with E-state index in [1.54, 1.807) is 18.4 Å². The number of thiazole rings is 1. The molecule has 1 aliphatic carbocycles. The van der Waals surface area contributed by atoms with Crippen LogP contribution >= 0.6 is 11.3 Å². The number of rotatable bonds is 7. The van der Waals surface area contributed by atoms with Crippen LogP contribution in [0.1, 0.15) is 75.1 Å². The van der Waals surface area contributed by atoms with Crippen LogP contribution in [0.3, 0.4) is 0 Å². The molecule has 1 aromatic heterocycles. The number of nitrogens with zero attached hydrogens (tertiary/aromatic N) is 4. The molecule has 6 nitrogen and oxygen atoms in total. The Labute approximate surface area is 180 Å². The first-order chi connectivity index (χ1) is 14.1. The molecule has 7 heteroatoms. The molecule has 0 radical (unpaired) electrons. The SMILES string of the molecule is CN=C(NCC1(N2CCCCC2)CCCCC1)N(C)Cc1csc(C(C)OC)n1. The Morgan fingerprint density at radius 1 is 1.28 bits per heavy atom. The van der Waals surface area contributed by atoms with Crippen molar-refractivity contribution in [3.63, 3.8) is 0 Å². The normalized spacial score (nSPS) is 21.7. The zero-order valence-electron chi connectivity index (χ0n) is 18.7. The fraction of sp³-hybridized carbons (Fsp3) is 0.818. The molecule has 0 amide bonds. The van der Waals surface area contributed by atoms with Crippen molar-refractivity contribution >= 4 is 17.3 Å². The second kappa shape index (κ2) is 10.7. The number of ether oxygens (including phenoxy) is 1. The van der Waals surface area contributed by atoms with E-state index in [1.165, 1.54) is 64.5 Å². The number of piperidine rings is 1. The first-order valence-corrected chi connectivity index (χ1v) is 12.1. The van der Waals surface area contributed by atoms with Crippen LogP contribution in [0.25, 0.3) is 0 Å². The Kier molecular flexibility index (Phi) is 8.33. The third-order valence-corrected chi connectivity index (χ3v) is 7.68. The predicted octanol–water partition coefficient (Wildman–Crippen LogP) is 4.05. The smallest absolute Gasteiger partial charge is 0.193 e. The van der Waals surface area contributed by atoms with E-state index in [0.29, 0.717) is 5.54 Å². The van der Waals surface area contributed by atoms with Crippen LogP contribution in [0.15, 0.2) is 10.4 Å². The maximum atomic E-state index is 5.39. The van der Waals surface area contributed by atoms with Crippen LogP contribution in [0, 0.1) is 0 Å². The average molecular weight is 422 g/mol. The molecule has 2 heterocycles. The molecule has 1 atom stereocenters. The van der Waals surface area contributed by atoms with E-state index in [2.05, 4.69) is 32.5 Å². The standard InChI is InChI=1S/C22H39N5OS/c1-18(28-4)20-25-19(16-29-20)15-26(3)21(23-2)24-17-22(11-7-5-8-12-22)27-13-9-6-10-14-27/h16,18H,5-15,17H2,1-4H3,(H,23,24). The molecule has 3 rings (SSSR count). The summed E-state index contributed by atoms with van der Waals surface area (Å²) in [6, 6.07) is 0. The maximum absolute atomic E-state index is 5.39. The first kappa shape index (κ1) is 22.5. The van der Waals surface area contributed by atoms with Gasteiger partial charge in [-0.05, 0) is 45.7 Å². The Morgan fingerprint density at radius 2 is 1.97 bits per heavy atom. The topological polar surface area (TPSA) is 53.0 Å². The number of nitrogens with one attached hydrogen (secondary N) is 1. The van der Waals surface area contributed by atoms with Gasteiger partial charge < -0.3 is 15.0 Å². The number of guanidine groups is 1. The van der Waals surface area contributed by atoms with Gasteiger partial charge in [-0.15, -0.1) is 11.3 Å². The van der Waals surface area contributed by atoms with E-state index >= 15 is 0 Å². The summed E-state index contributed by atoms with van der Waals surface area (Å²) < 4.78 is 5.39. The molecule has 1 N–H and O–H groups in total. The van der Waals surface area contributed by atoms with Crippen molar-refractivity contribution in [3.05, 3.63) is 16.1 Å². The minimum absolute atomic E-state index is 0.0483. The predicted molar refractivity (Wildman–Crippen MR) is 122 cm³/mol. The molecule has 2 aliphatic rings. The molecule has 29 heavy (non-hydrogen) atoms. The largest absolute Gasteiger partial charge is 0.375 e. The summed E-state index contributed by atoms with van der Waals surface area (Å²) in [5.74, 6) is 0.960. The van der Waals surface area contributed by atoms with E-state index < -0.39 is 0 Å². The average Bonchev–Trinajstić information content (AvgIpc) is 3.23. The maximum Gasteiger partial charge on any atom is 0.193 e. The number of likely N-dealkylation sites (tertiary alicyclic amines) is 1. The highest BCUT2D eigenvalue weighted by Gasteiger charge is 2.38. The molecule has 0 aromatic carbocycles. The number of aliphatic imine (C=N–C) groups is 1. The molecule has 1 unspecified atom stereocenters. The van der Waals surface area contributed by atoms with Crippen LogP contribution in [0.2, 0.25) is 0 Å². The Morgan fingerprint density at radius 3 is 2.62 bits per heavy atom. The summed E-state index contributed by atoms with van der Waals surface area (Å²) in [5, 5.41) is 6.89. The van der Waals surface area contributed by atoms with E-state index in [0.717, 1.165) is 29.8 Å². The third kappa shape index (κ3) is 5.70. The van der Waals surface area contributed by atoms with Gasteiger partial charge in [0.05, 0.1) is 12.2 Å². The molecule has 2 fully saturated rings. The summed E-state index contributed by atoms with van der Waals surface area (Å²) in [4.78, 5) is 14.3. The molecular weight excluding hydrogens is 382 g/mol. The van der Waals surface area contributed by atoms with Crippen molar-refractivity contribution in [2.24, 2.45) is 4.99 Å². The highest BCUT2D eigenvalue weighted by molar-refractivity contribution is 7.09. The Bertz CT molecular complexity index is 649. The van der Waals surface area contributed by atoms with Gasteiger partial charge in [0.1, 0.15) is 11.1 Å². The van der Waals surface area contributed by atoms with E-state index in [4.69, 9.17) is 9.72 Å². The van der Waals surface area contributed by atoms with Gasteiger partial charge in [-0.3, -0.25) is 9.89 Å². The van der Waals surface area contributed by atoms with Gasteiger partial charge in [-0.25, -0.2) is 4.98 Å². The van der Waals surface area contributed by atoms with Crippen LogP contribution in [-0.4, -0.2) is 67.1 Å². The number of hydrogen-bond acceptors (Lipinski definition) is 5. The minimum Gasteiger partial charge on any atom is -0.375 e. The summed E-state index contributed by atoms with van der Waals surface area (Å²) in [6.45, 7) is 6.30. The molecule has 1 aliphatic heterocycles. The second-order valence-electron chi connectivity index (χ2n) is 8.64. The van der Waals surface area contributed by atoms with Crippen molar-refractivity contribution < 1.29 is 4.74 Å². The van der Waals surface area contributed by atoms with Gasteiger partial charge in [-0.1, -0.05) is 25.7 Å². The lowest BCUT2D eigenvalue weighted by Gasteiger charge is -2.48. The summed E-state index contributed by atoms with van der Waals surface area (Å²) in [5.41, 5.74) is 1.37. The molecule has 0 bridgehead atoms. The Balaban J connectivity index is 1.61. The van der Waals surface area contributed by atoms with Gasteiger partial charge in [0.15, 0.2) is 5.96 Å². The Hall–Kier alpha value is -1.18. The molecular formula is C22H39N5OS. The zero-order valence-corrected chi connectivity index (χ0v) is 19.6. The number of hydrogen-bond donors (Lipinski definition) is 1. The molecule has 1 saturated carbocycles. The van der Waals surface area contributed by atoms with Crippen molar-refractivity contribution in [2.45, 2.75) is 76.5 Å². The summed E-state index contributed by atoms with van der Waals surface area (Å²) in [6.07, 6.45) is 10.9. The van der Waals surface area contributed by atoms with Gasteiger partial charge in [0.2, 0.25) is 0 Å². The van der Waals surface area contributed by atoms with E-state index in [9.17, 15) is 0 Å². The molecule has 1 saturated heterocycles. The van der Waals surface area contributed by atoms with E-state index in [-0.39, 0.29) is 6.10 Å². The fourth-order valence-electron chi connectivity index (χ4n) is 4.81. The molecule has 164 valence electrons. The van der Waals surface area contributed by atoms with Crippen molar-refractivity contribution in [3.8, 4) is 0 Å². The van der Waals surface area contributed by atoms with Gasteiger partial charge in [-0.2, -0.15) is 0 Å². The van der Waals surface area contributed by atoms with Crippen LogP contribution in [0.4, 0.5) is 0 Å². The molecule has 0 spiro atoms. The minimum atomic E-state index is 0.0483. The van der Waals surface area contributed by atoms with Gasteiger partial charge >= 0.3 is 0 Å². The van der Waals surface area contributed by atoms with Crippen LogP contribution in [-0.2, 0) is 11.3 Å².